The molecule has 0 aliphatic carbocycles. The fourth-order valence-electron chi connectivity index (χ4n) is 5.86. The summed E-state index contributed by atoms with van der Waals surface area (Å²) >= 11 is 0. The van der Waals surface area contributed by atoms with Crippen molar-refractivity contribution in [1.29, 1.82) is 0 Å². The number of Topliss-reactive ketones (excluding diaryl/α,β-unsaturated/α-hetero) is 1. The summed E-state index contributed by atoms with van der Waals surface area (Å²) < 4.78 is 88.0. The molecule has 3 aromatic rings. The smallest absolute Gasteiger partial charge is 0.361 e. The van der Waals surface area contributed by atoms with Crippen LogP contribution in [0.5, 0.6) is 0 Å². The maximum Gasteiger partial charge on any atom is 0.416 e. The molecule has 0 saturated carbocycles. The molecule has 0 bridgehead atoms. The first kappa shape index (κ1) is 42.3. The van der Waals surface area contributed by atoms with Crippen LogP contribution in [0.25, 0.3) is 10.4 Å². The minimum absolute atomic E-state index is 0.0627. The summed E-state index contributed by atoms with van der Waals surface area (Å²) in [6.07, 6.45) is -11.4. The van der Waals surface area contributed by atoms with Crippen molar-refractivity contribution in [3.05, 3.63) is 117 Å². The summed E-state index contributed by atoms with van der Waals surface area (Å²) in [6.45, 7) is 5.39. The molecule has 11 nitrogen and oxygen atoms in total. The second-order valence-corrected chi connectivity index (χ2v) is 13.9. The average Bonchev–Trinajstić information content (AvgIpc) is 3.88. The predicted octanol–water partition coefficient (Wildman–Crippen LogP) is 6.29. The van der Waals surface area contributed by atoms with Crippen LogP contribution in [0.1, 0.15) is 55.0 Å². The number of alkyl halides is 6. The SMILES string of the molecule is CC(C)C[C@H](NC(=O)[C@H](Cc1ccccc1)NC(=O)[C@H](Cc1cc(C(F)(F)F)cc(C(F)(F)F)c1)NC(=O)[C@H](Cc1ccccc1)N=[N+]=[N-])C(=O)[C@@]1(C)CO1. The van der Waals surface area contributed by atoms with Crippen LogP contribution in [0.15, 0.2) is 84.0 Å². The molecule has 55 heavy (non-hydrogen) atoms. The monoisotopic (exact) mass is 774 g/mol. The topological polar surface area (TPSA) is 166 Å². The zero-order chi connectivity index (χ0) is 40.6. The minimum atomic E-state index is -5.20. The highest BCUT2D eigenvalue weighted by Crippen LogP contribution is 2.36. The third kappa shape index (κ3) is 12.3. The first-order valence-electron chi connectivity index (χ1n) is 17.3. The van der Waals surface area contributed by atoms with Gasteiger partial charge in [0.25, 0.3) is 0 Å². The third-order valence-electron chi connectivity index (χ3n) is 8.84. The van der Waals surface area contributed by atoms with E-state index in [2.05, 4.69) is 26.0 Å². The molecule has 0 unspecified atom stereocenters. The number of halogens is 6. The number of benzene rings is 3. The summed E-state index contributed by atoms with van der Waals surface area (Å²) in [7, 11) is 0. The van der Waals surface area contributed by atoms with Gasteiger partial charge in [-0.25, -0.2) is 0 Å². The largest absolute Gasteiger partial charge is 0.416 e. The molecule has 1 heterocycles. The number of nitrogens with one attached hydrogen (secondary N) is 3. The molecule has 0 radical (unpaired) electrons. The Balaban J connectivity index is 1.72. The van der Waals surface area contributed by atoms with Gasteiger partial charge in [-0.2, -0.15) is 26.3 Å². The van der Waals surface area contributed by atoms with Crippen LogP contribution in [-0.4, -0.2) is 59.9 Å². The van der Waals surface area contributed by atoms with Gasteiger partial charge in [-0.3, -0.25) is 19.2 Å². The van der Waals surface area contributed by atoms with Crippen molar-refractivity contribution < 1.29 is 50.3 Å². The highest BCUT2D eigenvalue weighted by atomic mass is 19.4. The average molecular weight is 775 g/mol. The lowest BCUT2D eigenvalue weighted by Gasteiger charge is -2.27. The Hall–Kier alpha value is -5.41. The maximum atomic E-state index is 14.1. The number of ether oxygens (including phenoxy) is 1. The maximum absolute atomic E-state index is 14.1. The molecule has 3 N–H and O–H groups in total. The molecule has 5 atom stereocenters. The van der Waals surface area contributed by atoms with Crippen LogP contribution in [0.3, 0.4) is 0 Å². The van der Waals surface area contributed by atoms with E-state index < -0.39 is 88.7 Å². The van der Waals surface area contributed by atoms with Crippen molar-refractivity contribution in [1.82, 2.24) is 16.0 Å². The summed E-state index contributed by atoms with van der Waals surface area (Å²) in [6, 6.07) is 11.5. The van der Waals surface area contributed by atoms with E-state index in [-0.39, 0.29) is 37.9 Å². The van der Waals surface area contributed by atoms with E-state index >= 15 is 0 Å². The summed E-state index contributed by atoms with van der Waals surface area (Å²) in [5.74, 6) is -3.49. The predicted molar refractivity (Wildman–Crippen MR) is 188 cm³/mol. The zero-order valence-corrected chi connectivity index (χ0v) is 30.1. The van der Waals surface area contributed by atoms with Gasteiger partial charge < -0.3 is 20.7 Å². The van der Waals surface area contributed by atoms with Crippen LogP contribution in [0.4, 0.5) is 26.3 Å². The van der Waals surface area contributed by atoms with Gasteiger partial charge in [0, 0.05) is 17.8 Å². The van der Waals surface area contributed by atoms with Crippen LogP contribution < -0.4 is 16.0 Å². The summed E-state index contributed by atoms with van der Waals surface area (Å²) in [5, 5.41) is 11.0. The first-order chi connectivity index (χ1) is 25.8. The Morgan fingerprint density at radius 3 is 1.60 bits per heavy atom. The first-order valence-corrected chi connectivity index (χ1v) is 17.3. The van der Waals surface area contributed by atoms with Crippen molar-refractivity contribution in [2.75, 3.05) is 6.61 Å². The number of ketones is 1. The molecule has 3 amide bonds. The summed E-state index contributed by atoms with van der Waals surface area (Å²) in [5.41, 5.74) is 5.28. The number of hydrogen-bond donors (Lipinski definition) is 3. The molecular formula is C38H40F6N6O5. The molecule has 0 aromatic heterocycles. The van der Waals surface area contributed by atoms with E-state index in [9.17, 15) is 51.1 Å². The van der Waals surface area contributed by atoms with Gasteiger partial charge >= 0.3 is 12.4 Å². The molecule has 4 rings (SSSR count). The number of carbonyl (C=O) groups excluding carboxylic acids is 4. The molecule has 3 aromatic carbocycles. The number of nitrogens with zero attached hydrogens (tertiary/aromatic N) is 3. The Labute approximate surface area is 312 Å². The lowest BCUT2D eigenvalue weighted by Crippen LogP contribution is -2.58. The Morgan fingerprint density at radius 1 is 0.727 bits per heavy atom. The number of rotatable bonds is 17. The summed E-state index contributed by atoms with van der Waals surface area (Å²) in [4.78, 5) is 57.6. The van der Waals surface area contributed by atoms with E-state index in [1.54, 1.807) is 67.6 Å². The van der Waals surface area contributed by atoms with E-state index in [0.29, 0.717) is 23.3 Å². The molecule has 1 fully saturated rings. The third-order valence-corrected chi connectivity index (χ3v) is 8.84. The number of carbonyl (C=O) groups is 4. The molecule has 17 heteroatoms. The lowest BCUT2D eigenvalue weighted by atomic mass is 9.93. The van der Waals surface area contributed by atoms with E-state index in [4.69, 9.17) is 4.74 Å². The van der Waals surface area contributed by atoms with Gasteiger partial charge in [0.2, 0.25) is 17.7 Å². The molecule has 1 saturated heterocycles. The molecule has 294 valence electrons. The van der Waals surface area contributed by atoms with Gasteiger partial charge in [0.1, 0.15) is 23.7 Å². The van der Waals surface area contributed by atoms with Gasteiger partial charge in [-0.15, -0.1) is 0 Å². The Bertz CT molecular complexity index is 1850. The highest BCUT2D eigenvalue weighted by molar-refractivity contribution is 5.98. The van der Waals surface area contributed by atoms with Crippen molar-refractivity contribution >= 4 is 23.5 Å². The Morgan fingerprint density at radius 2 is 1.16 bits per heavy atom. The van der Waals surface area contributed by atoms with E-state index in [0.717, 1.165) is 0 Å². The number of amides is 3. The molecule has 1 aliphatic heterocycles. The molecule has 1 aliphatic rings. The second kappa shape index (κ2) is 17.8. The van der Waals surface area contributed by atoms with Crippen molar-refractivity contribution in [3.63, 3.8) is 0 Å². The fourth-order valence-corrected chi connectivity index (χ4v) is 5.86. The van der Waals surface area contributed by atoms with Gasteiger partial charge in [-0.05, 0) is 66.1 Å². The van der Waals surface area contributed by atoms with Crippen LogP contribution in [0.2, 0.25) is 0 Å². The van der Waals surface area contributed by atoms with Crippen LogP contribution in [0, 0.1) is 5.92 Å². The van der Waals surface area contributed by atoms with Gasteiger partial charge in [-0.1, -0.05) is 79.6 Å². The van der Waals surface area contributed by atoms with E-state index in [1.807, 2.05) is 13.8 Å². The van der Waals surface area contributed by atoms with Crippen LogP contribution in [-0.2, 0) is 55.5 Å². The van der Waals surface area contributed by atoms with Crippen molar-refractivity contribution in [2.45, 2.75) is 88.6 Å². The van der Waals surface area contributed by atoms with Crippen LogP contribution >= 0.6 is 0 Å². The fraction of sp³-hybridized carbons (Fsp3) is 0.421. The standard InChI is InChI=1S/C38H40F6N6O5/c1-22(2)14-28(32(51)36(3)21-55-36)46-33(52)29(17-23-10-6-4-7-11-23)47-34(53)30(48-35(54)31(49-50-45)18-24-12-8-5-9-13-24)19-25-15-26(37(39,40)41)20-27(16-25)38(42,43)44/h4-13,15-16,20,22,28-31H,14,17-19,21H2,1-3H3,(H,46,52)(H,47,53)(H,48,54)/t28-,29-,30-,31-,36+/m0/s1. The normalized spacial score (nSPS) is 17.6. The quantitative estimate of drug-likeness (QED) is 0.0482. The van der Waals surface area contributed by atoms with E-state index in [1.165, 1.54) is 0 Å². The van der Waals surface area contributed by atoms with Gasteiger partial charge in [0.05, 0.1) is 23.8 Å². The molecule has 0 spiro atoms. The Kier molecular flexibility index (Phi) is 13.7. The van der Waals surface area contributed by atoms with Crippen molar-refractivity contribution in [3.8, 4) is 0 Å². The van der Waals surface area contributed by atoms with Crippen molar-refractivity contribution in [2.24, 2.45) is 11.0 Å². The number of azide groups is 1. The lowest BCUT2D eigenvalue weighted by molar-refractivity contribution is -0.143. The van der Waals surface area contributed by atoms with Gasteiger partial charge in [0.15, 0.2) is 5.78 Å². The zero-order valence-electron chi connectivity index (χ0n) is 30.1. The number of epoxide rings is 1. The number of hydrogen-bond acceptors (Lipinski definition) is 6. The minimum Gasteiger partial charge on any atom is -0.361 e. The second-order valence-electron chi connectivity index (χ2n) is 13.9. The molecular weight excluding hydrogens is 734 g/mol. The highest BCUT2D eigenvalue weighted by Gasteiger charge is 2.50.